The largest absolute Gasteiger partial charge is 0.337 e. The van der Waals surface area contributed by atoms with Gasteiger partial charge in [0, 0.05) is 24.7 Å². The van der Waals surface area contributed by atoms with E-state index in [9.17, 15) is 9.59 Å². The Labute approximate surface area is 118 Å². The number of rotatable bonds is 3. The first-order valence-electron chi connectivity index (χ1n) is 7.05. The van der Waals surface area contributed by atoms with E-state index < -0.39 is 0 Å². The minimum atomic E-state index is -0.250. The number of nitrogens with zero attached hydrogens (tertiary/aromatic N) is 1. The standard InChI is InChI=1S/C15H19N3O2/c1-10-7-13(10)18-9-12(8-14(18)19)17-15(20)16-11-5-3-2-4-6-11/h2-6,10,12-13H,7-9H2,1H3,(H2,16,17,20). The minimum Gasteiger partial charge on any atom is -0.337 e. The van der Waals surface area contributed by atoms with Gasteiger partial charge in [0.05, 0.1) is 6.04 Å². The Morgan fingerprint density at radius 1 is 1.30 bits per heavy atom. The van der Waals surface area contributed by atoms with Crippen LogP contribution in [0.4, 0.5) is 10.5 Å². The molecular weight excluding hydrogens is 254 g/mol. The Morgan fingerprint density at radius 3 is 2.65 bits per heavy atom. The fraction of sp³-hybridized carbons (Fsp3) is 0.467. The molecule has 5 nitrogen and oxygen atoms in total. The van der Waals surface area contributed by atoms with E-state index in [0.717, 1.165) is 12.1 Å². The third-order valence-electron chi connectivity index (χ3n) is 3.99. The van der Waals surface area contributed by atoms with Crippen molar-refractivity contribution in [2.75, 3.05) is 11.9 Å². The maximum absolute atomic E-state index is 11.9. The molecule has 1 saturated heterocycles. The number of para-hydroxylation sites is 1. The highest BCUT2D eigenvalue weighted by Gasteiger charge is 2.44. The fourth-order valence-electron chi connectivity index (χ4n) is 2.76. The molecule has 0 bridgehead atoms. The normalized spacial score (nSPS) is 28.4. The summed E-state index contributed by atoms with van der Waals surface area (Å²) in [4.78, 5) is 25.7. The van der Waals surface area contributed by atoms with Crippen molar-refractivity contribution in [2.24, 2.45) is 5.92 Å². The highest BCUT2D eigenvalue weighted by molar-refractivity contribution is 5.90. The average molecular weight is 273 g/mol. The quantitative estimate of drug-likeness (QED) is 0.882. The summed E-state index contributed by atoms with van der Waals surface area (Å²) in [6.45, 7) is 2.79. The van der Waals surface area contributed by atoms with E-state index in [2.05, 4.69) is 17.6 Å². The molecule has 1 heterocycles. The van der Waals surface area contributed by atoms with E-state index in [1.807, 2.05) is 35.2 Å². The number of hydrogen-bond donors (Lipinski definition) is 2. The first-order valence-corrected chi connectivity index (χ1v) is 7.05. The molecule has 106 valence electrons. The molecule has 1 aromatic carbocycles. The van der Waals surface area contributed by atoms with Gasteiger partial charge in [-0.3, -0.25) is 4.79 Å². The predicted molar refractivity (Wildman–Crippen MR) is 76.3 cm³/mol. The van der Waals surface area contributed by atoms with Crippen LogP contribution in [0.3, 0.4) is 0 Å². The number of benzene rings is 1. The monoisotopic (exact) mass is 273 g/mol. The molecule has 2 aliphatic rings. The van der Waals surface area contributed by atoms with Crippen molar-refractivity contribution in [3.63, 3.8) is 0 Å². The summed E-state index contributed by atoms with van der Waals surface area (Å²) in [6.07, 6.45) is 1.50. The van der Waals surface area contributed by atoms with Gasteiger partial charge in [-0.2, -0.15) is 0 Å². The number of anilines is 1. The maximum atomic E-state index is 11.9. The van der Waals surface area contributed by atoms with Crippen molar-refractivity contribution in [3.05, 3.63) is 30.3 Å². The fourth-order valence-corrected chi connectivity index (χ4v) is 2.76. The van der Waals surface area contributed by atoms with E-state index in [4.69, 9.17) is 0 Å². The van der Waals surface area contributed by atoms with Crippen LogP contribution in [0.15, 0.2) is 30.3 Å². The highest BCUT2D eigenvalue weighted by Crippen LogP contribution is 2.37. The summed E-state index contributed by atoms with van der Waals surface area (Å²) >= 11 is 0. The van der Waals surface area contributed by atoms with Crippen LogP contribution in [0.25, 0.3) is 0 Å². The van der Waals surface area contributed by atoms with Gasteiger partial charge in [0.15, 0.2) is 0 Å². The van der Waals surface area contributed by atoms with Crippen LogP contribution in [0.5, 0.6) is 0 Å². The average Bonchev–Trinajstić information content (AvgIpc) is 3.02. The predicted octanol–water partition coefficient (Wildman–Crippen LogP) is 1.82. The number of carbonyl (C=O) groups excluding carboxylic acids is 2. The van der Waals surface area contributed by atoms with Crippen LogP contribution >= 0.6 is 0 Å². The molecule has 3 unspecified atom stereocenters. The zero-order chi connectivity index (χ0) is 14.1. The number of hydrogen-bond acceptors (Lipinski definition) is 2. The van der Waals surface area contributed by atoms with Crippen LogP contribution in [0, 0.1) is 5.92 Å². The second-order valence-electron chi connectivity index (χ2n) is 5.69. The Kier molecular flexibility index (Phi) is 3.34. The third kappa shape index (κ3) is 2.76. The SMILES string of the molecule is CC1CC1N1CC(NC(=O)Nc2ccccc2)CC1=O. The summed E-state index contributed by atoms with van der Waals surface area (Å²) in [7, 11) is 0. The lowest BCUT2D eigenvalue weighted by Crippen LogP contribution is -2.40. The van der Waals surface area contributed by atoms with Crippen molar-refractivity contribution < 1.29 is 9.59 Å². The lowest BCUT2D eigenvalue weighted by atomic mass is 10.2. The topological polar surface area (TPSA) is 61.4 Å². The van der Waals surface area contributed by atoms with Gasteiger partial charge in [0.25, 0.3) is 0 Å². The van der Waals surface area contributed by atoms with Gasteiger partial charge >= 0.3 is 6.03 Å². The number of amides is 3. The highest BCUT2D eigenvalue weighted by atomic mass is 16.2. The molecule has 0 spiro atoms. The molecule has 0 radical (unpaired) electrons. The molecule has 1 aliphatic heterocycles. The third-order valence-corrected chi connectivity index (χ3v) is 3.99. The number of urea groups is 1. The molecule has 3 rings (SSSR count). The summed E-state index contributed by atoms with van der Waals surface area (Å²) in [5.74, 6) is 0.764. The Bertz CT molecular complexity index is 517. The van der Waals surface area contributed by atoms with Gasteiger partial charge < -0.3 is 15.5 Å². The molecule has 2 fully saturated rings. The molecule has 2 N–H and O–H groups in total. The van der Waals surface area contributed by atoms with Gasteiger partial charge in [-0.05, 0) is 24.5 Å². The Morgan fingerprint density at radius 2 is 2.00 bits per heavy atom. The molecule has 20 heavy (non-hydrogen) atoms. The zero-order valence-corrected chi connectivity index (χ0v) is 11.5. The van der Waals surface area contributed by atoms with Gasteiger partial charge in [0.1, 0.15) is 0 Å². The molecule has 3 amide bonds. The molecule has 1 aromatic rings. The number of likely N-dealkylation sites (tertiary alicyclic amines) is 1. The molecule has 1 aliphatic carbocycles. The Balaban J connectivity index is 1.51. The summed E-state index contributed by atoms with van der Waals surface area (Å²) < 4.78 is 0. The van der Waals surface area contributed by atoms with Crippen LogP contribution in [0.2, 0.25) is 0 Å². The van der Waals surface area contributed by atoms with E-state index in [-0.39, 0.29) is 18.0 Å². The van der Waals surface area contributed by atoms with Crippen LogP contribution in [0.1, 0.15) is 19.8 Å². The van der Waals surface area contributed by atoms with Gasteiger partial charge in [-0.25, -0.2) is 4.79 Å². The molecule has 1 saturated carbocycles. The first kappa shape index (κ1) is 13.0. The van der Waals surface area contributed by atoms with Gasteiger partial charge in [0.2, 0.25) is 5.91 Å². The summed E-state index contributed by atoms with van der Waals surface area (Å²) in [5, 5.41) is 5.64. The molecule has 3 atom stereocenters. The van der Waals surface area contributed by atoms with Crippen LogP contribution in [-0.2, 0) is 4.79 Å². The lowest BCUT2D eigenvalue weighted by Gasteiger charge is -2.17. The smallest absolute Gasteiger partial charge is 0.319 e. The second-order valence-corrected chi connectivity index (χ2v) is 5.69. The molecule has 0 aromatic heterocycles. The maximum Gasteiger partial charge on any atom is 0.319 e. The van der Waals surface area contributed by atoms with E-state index in [1.54, 1.807) is 0 Å². The lowest BCUT2D eigenvalue weighted by molar-refractivity contribution is -0.128. The minimum absolute atomic E-state index is 0.0842. The van der Waals surface area contributed by atoms with E-state index in [1.165, 1.54) is 0 Å². The summed E-state index contributed by atoms with van der Waals surface area (Å²) in [5.41, 5.74) is 0.752. The number of nitrogens with one attached hydrogen (secondary N) is 2. The van der Waals surface area contributed by atoms with Gasteiger partial charge in [-0.15, -0.1) is 0 Å². The number of carbonyl (C=O) groups is 2. The first-order chi connectivity index (χ1) is 9.63. The van der Waals surface area contributed by atoms with Crippen molar-refractivity contribution in [1.29, 1.82) is 0 Å². The zero-order valence-electron chi connectivity index (χ0n) is 11.5. The second kappa shape index (κ2) is 5.15. The van der Waals surface area contributed by atoms with Crippen LogP contribution in [-0.4, -0.2) is 35.5 Å². The van der Waals surface area contributed by atoms with Crippen molar-refractivity contribution in [3.8, 4) is 0 Å². The van der Waals surface area contributed by atoms with Crippen molar-refractivity contribution in [1.82, 2.24) is 10.2 Å². The van der Waals surface area contributed by atoms with Crippen molar-refractivity contribution >= 4 is 17.6 Å². The molecule has 5 heteroatoms. The van der Waals surface area contributed by atoms with E-state index >= 15 is 0 Å². The van der Waals surface area contributed by atoms with Crippen LogP contribution < -0.4 is 10.6 Å². The van der Waals surface area contributed by atoms with Crippen molar-refractivity contribution in [2.45, 2.75) is 31.8 Å². The Hall–Kier alpha value is -2.04. The summed E-state index contributed by atoms with van der Waals surface area (Å²) in [6, 6.07) is 9.35. The van der Waals surface area contributed by atoms with E-state index in [0.29, 0.717) is 24.9 Å². The molecular formula is C15H19N3O2. The van der Waals surface area contributed by atoms with Gasteiger partial charge in [-0.1, -0.05) is 25.1 Å².